The minimum absolute atomic E-state index is 0.0769. The predicted octanol–water partition coefficient (Wildman–Crippen LogP) is 1.32. The van der Waals surface area contributed by atoms with Crippen LogP contribution in [-0.2, 0) is 19.9 Å². The molecule has 1 aliphatic carbocycles. The molecule has 13 heavy (non-hydrogen) atoms. The first-order chi connectivity index (χ1) is 6.20. The molecule has 0 aromatic carbocycles. The second-order valence-electron chi connectivity index (χ2n) is 3.93. The highest BCUT2D eigenvalue weighted by Gasteiger charge is 2.20. The molecule has 1 aromatic rings. The molecule has 0 spiro atoms. The van der Waals surface area contributed by atoms with E-state index in [1.165, 1.54) is 36.9 Å². The van der Waals surface area contributed by atoms with Gasteiger partial charge in [0.05, 0.1) is 5.69 Å². The van der Waals surface area contributed by atoms with Crippen molar-refractivity contribution in [3.8, 4) is 0 Å². The molecular weight excluding hydrogens is 162 g/mol. The molecule has 0 aliphatic heterocycles. The molecular formula is C10H17N3. The Morgan fingerprint density at radius 3 is 2.77 bits per heavy atom. The number of hydrogen-bond acceptors (Lipinski definition) is 2. The Balaban J connectivity index is 2.47. The Kier molecular flexibility index (Phi) is 2.12. The summed E-state index contributed by atoms with van der Waals surface area (Å²) in [5.74, 6) is 0. The van der Waals surface area contributed by atoms with Gasteiger partial charge in [0.15, 0.2) is 0 Å². The number of nitrogens with two attached hydrogens (primary N) is 1. The molecule has 2 rings (SSSR count). The van der Waals surface area contributed by atoms with Gasteiger partial charge in [0.1, 0.15) is 0 Å². The minimum atomic E-state index is 0.0769. The lowest BCUT2D eigenvalue weighted by atomic mass is 9.94. The van der Waals surface area contributed by atoms with E-state index < -0.39 is 0 Å². The van der Waals surface area contributed by atoms with Gasteiger partial charge in [-0.15, -0.1) is 0 Å². The van der Waals surface area contributed by atoms with Gasteiger partial charge in [-0.2, -0.15) is 5.10 Å². The van der Waals surface area contributed by atoms with Gasteiger partial charge < -0.3 is 5.73 Å². The number of rotatable bonds is 1. The lowest BCUT2D eigenvalue weighted by Crippen LogP contribution is -2.10. The number of aromatic nitrogens is 2. The Hall–Kier alpha value is -0.830. The van der Waals surface area contributed by atoms with Crippen molar-refractivity contribution in [3.63, 3.8) is 0 Å². The fourth-order valence-electron chi connectivity index (χ4n) is 2.17. The first-order valence-electron chi connectivity index (χ1n) is 5.00. The van der Waals surface area contributed by atoms with Crippen molar-refractivity contribution in [3.05, 3.63) is 17.0 Å². The van der Waals surface area contributed by atoms with Crippen LogP contribution in [-0.4, -0.2) is 9.78 Å². The van der Waals surface area contributed by atoms with Crippen molar-refractivity contribution in [2.75, 3.05) is 0 Å². The van der Waals surface area contributed by atoms with E-state index in [0.29, 0.717) is 0 Å². The van der Waals surface area contributed by atoms with Gasteiger partial charge in [-0.05, 0) is 38.2 Å². The lowest BCUT2D eigenvalue weighted by molar-refractivity contribution is 0.625. The Bertz CT molecular complexity index is 312. The molecule has 1 aromatic heterocycles. The smallest absolute Gasteiger partial charge is 0.0823 e. The van der Waals surface area contributed by atoms with Gasteiger partial charge in [-0.3, -0.25) is 4.68 Å². The lowest BCUT2D eigenvalue weighted by Gasteiger charge is -2.13. The van der Waals surface area contributed by atoms with Gasteiger partial charge >= 0.3 is 0 Å². The van der Waals surface area contributed by atoms with Crippen molar-refractivity contribution in [1.29, 1.82) is 0 Å². The van der Waals surface area contributed by atoms with Gasteiger partial charge in [-0.25, -0.2) is 0 Å². The van der Waals surface area contributed by atoms with Gasteiger partial charge in [0.2, 0.25) is 0 Å². The van der Waals surface area contributed by atoms with Crippen molar-refractivity contribution in [2.45, 2.75) is 38.6 Å². The third-order valence-corrected chi connectivity index (χ3v) is 2.83. The normalized spacial score (nSPS) is 18.4. The molecule has 0 saturated carbocycles. The molecule has 72 valence electrons. The van der Waals surface area contributed by atoms with Crippen LogP contribution in [0.3, 0.4) is 0 Å². The quantitative estimate of drug-likeness (QED) is 0.706. The molecule has 0 fully saturated rings. The van der Waals surface area contributed by atoms with E-state index in [9.17, 15) is 0 Å². The second-order valence-corrected chi connectivity index (χ2v) is 3.93. The molecule has 1 unspecified atom stereocenters. The number of fused-ring (bicyclic) bond motifs is 1. The summed E-state index contributed by atoms with van der Waals surface area (Å²) in [6.45, 7) is 2.01. The summed E-state index contributed by atoms with van der Waals surface area (Å²) in [4.78, 5) is 0. The van der Waals surface area contributed by atoms with Crippen LogP contribution in [0.1, 0.15) is 42.8 Å². The van der Waals surface area contributed by atoms with Crippen LogP contribution < -0.4 is 5.73 Å². The van der Waals surface area contributed by atoms with Crippen LogP contribution >= 0.6 is 0 Å². The molecule has 0 bridgehead atoms. The number of aryl methyl sites for hydroxylation is 1. The summed E-state index contributed by atoms with van der Waals surface area (Å²) in [6.07, 6.45) is 4.93. The Morgan fingerprint density at radius 2 is 2.08 bits per heavy atom. The molecule has 1 heterocycles. The van der Waals surface area contributed by atoms with Crippen LogP contribution in [0.2, 0.25) is 0 Å². The fraction of sp³-hybridized carbons (Fsp3) is 0.700. The maximum atomic E-state index is 5.88. The largest absolute Gasteiger partial charge is 0.323 e. The van der Waals surface area contributed by atoms with E-state index in [4.69, 9.17) is 5.73 Å². The van der Waals surface area contributed by atoms with Crippen LogP contribution in [0, 0.1) is 0 Å². The van der Waals surface area contributed by atoms with Crippen LogP contribution in [0.4, 0.5) is 0 Å². The fourth-order valence-corrected chi connectivity index (χ4v) is 2.17. The summed E-state index contributed by atoms with van der Waals surface area (Å²) in [5.41, 5.74) is 9.81. The monoisotopic (exact) mass is 179 g/mol. The first kappa shape index (κ1) is 8.75. The topological polar surface area (TPSA) is 43.8 Å². The summed E-state index contributed by atoms with van der Waals surface area (Å²) >= 11 is 0. The van der Waals surface area contributed by atoms with E-state index in [0.717, 1.165) is 5.69 Å². The molecule has 0 saturated heterocycles. The van der Waals surface area contributed by atoms with E-state index in [1.807, 2.05) is 18.7 Å². The first-order valence-corrected chi connectivity index (χ1v) is 5.00. The molecule has 0 amide bonds. The standard InChI is InChI=1S/C10H17N3/c1-7(11)10-8-5-3-4-6-9(8)13(2)12-10/h7H,3-6,11H2,1-2H3. The minimum Gasteiger partial charge on any atom is -0.323 e. The Labute approximate surface area is 78.9 Å². The molecule has 1 atom stereocenters. The summed E-state index contributed by atoms with van der Waals surface area (Å²) in [5, 5.41) is 4.48. The third-order valence-electron chi connectivity index (χ3n) is 2.83. The predicted molar refractivity (Wildman–Crippen MR) is 52.5 cm³/mol. The number of nitrogens with zero attached hydrogens (tertiary/aromatic N) is 2. The van der Waals surface area contributed by atoms with E-state index in [2.05, 4.69) is 5.10 Å². The van der Waals surface area contributed by atoms with E-state index in [-0.39, 0.29) is 6.04 Å². The van der Waals surface area contributed by atoms with Crippen LogP contribution in [0.5, 0.6) is 0 Å². The maximum Gasteiger partial charge on any atom is 0.0823 e. The number of hydrogen-bond donors (Lipinski definition) is 1. The molecule has 0 radical (unpaired) electrons. The van der Waals surface area contributed by atoms with Gasteiger partial charge in [-0.1, -0.05) is 0 Å². The van der Waals surface area contributed by atoms with E-state index in [1.54, 1.807) is 0 Å². The van der Waals surface area contributed by atoms with Crippen molar-refractivity contribution in [1.82, 2.24) is 9.78 Å². The second kappa shape index (κ2) is 3.14. The highest BCUT2D eigenvalue weighted by Crippen LogP contribution is 2.26. The van der Waals surface area contributed by atoms with Gasteiger partial charge in [0, 0.05) is 18.8 Å². The molecule has 3 heteroatoms. The zero-order valence-corrected chi connectivity index (χ0v) is 8.38. The van der Waals surface area contributed by atoms with Crippen LogP contribution in [0.25, 0.3) is 0 Å². The summed E-state index contributed by atoms with van der Waals surface area (Å²) in [7, 11) is 2.02. The van der Waals surface area contributed by atoms with Crippen LogP contribution in [0.15, 0.2) is 0 Å². The van der Waals surface area contributed by atoms with Gasteiger partial charge in [0.25, 0.3) is 0 Å². The summed E-state index contributed by atoms with van der Waals surface area (Å²) in [6, 6.07) is 0.0769. The highest BCUT2D eigenvalue weighted by molar-refractivity contribution is 5.30. The zero-order valence-electron chi connectivity index (χ0n) is 8.38. The highest BCUT2D eigenvalue weighted by atomic mass is 15.3. The molecule has 3 nitrogen and oxygen atoms in total. The molecule has 2 N–H and O–H groups in total. The summed E-state index contributed by atoms with van der Waals surface area (Å²) < 4.78 is 2.01. The third kappa shape index (κ3) is 1.37. The average Bonchev–Trinajstić information content (AvgIpc) is 2.45. The zero-order chi connectivity index (χ0) is 9.42. The molecule has 1 aliphatic rings. The SMILES string of the molecule is CC(N)c1nn(C)c2c1CCCC2. The van der Waals surface area contributed by atoms with Crippen molar-refractivity contribution >= 4 is 0 Å². The van der Waals surface area contributed by atoms with E-state index >= 15 is 0 Å². The average molecular weight is 179 g/mol. The van der Waals surface area contributed by atoms with Crippen molar-refractivity contribution in [2.24, 2.45) is 12.8 Å². The Morgan fingerprint density at radius 1 is 1.38 bits per heavy atom. The maximum absolute atomic E-state index is 5.88. The van der Waals surface area contributed by atoms with Crippen molar-refractivity contribution < 1.29 is 0 Å².